The van der Waals surface area contributed by atoms with Gasteiger partial charge in [-0.25, -0.2) is 0 Å². The molecule has 0 saturated heterocycles. The Morgan fingerprint density at radius 1 is 0.969 bits per heavy atom. The molecule has 2 atom stereocenters. The molecule has 0 heterocycles. The summed E-state index contributed by atoms with van der Waals surface area (Å²) >= 11 is 0. The Hall–Kier alpha value is -2.01. The third-order valence-electron chi connectivity index (χ3n) is 5.98. The lowest BCUT2D eigenvalue weighted by Crippen LogP contribution is -2.32. The summed E-state index contributed by atoms with van der Waals surface area (Å²) in [5.74, 6) is 3.20. The molecule has 0 aliphatic carbocycles. The lowest BCUT2D eigenvalue weighted by molar-refractivity contribution is -0.134. The topological polar surface area (TPSA) is 48.0 Å². The molecule has 0 unspecified atom stereocenters. The molecule has 32 heavy (non-hydrogen) atoms. The summed E-state index contributed by atoms with van der Waals surface area (Å²) in [6.07, 6.45) is 8.06. The van der Waals surface area contributed by atoms with Crippen molar-refractivity contribution < 1.29 is 19.0 Å². The summed E-state index contributed by atoms with van der Waals surface area (Å²) in [5, 5.41) is 0. The van der Waals surface area contributed by atoms with Crippen LogP contribution in [0.5, 0.6) is 11.5 Å². The van der Waals surface area contributed by atoms with Crippen LogP contribution < -0.4 is 9.47 Å². The first-order chi connectivity index (χ1) is 15.2. The maximum atomic E-state index is 12.4. The molecule has 5 nitrogen and oxygen atoms in total. The second-order valence-corrected chi connectivity index (χ2v) is 9.41. The van der Waals surface area contributed by atoms with Crippen molar-refractivity contribution in [2.24, 2.45) is 23.7 Å². The normalized spacial score (nSPS) is 13.6. The van der Waals surface area contributed by atoms with Crippen LogP contribution in [0.3, 0.4) is 0 Å². The first-order valence-corrected chi connectivity index (χ1v) is 11.9. The van der Waals surface area contributed by atoms with E-state index in [1.807, 2.05) is 20.2 Å². The maximum Gasteiger partial charge on any atom is 0.225 e. The van der Waals surface area contributed by atoms with Crippen LogP contribution in [0.25, 0.3) is 0 Å². The van der Waals surface area contributed by atoms with E-state index in [-0.39, 0.29) is 11.8 Å². The fourth-order valence-corrected chi connectivity index (χ4v) is 3.74. The van der Waals surface area contributed by atoms with Crippen molar-refractivity contribution in [2.75, 3.05) is 41.5 Å². The molecule has 1 aromatic rings. The molecule has 1 rings (SSSR count). The highest BCUT2D eigenvalue weighted by Crippen LogP contribution is 2.31. The predicted molar refractivity (Wildman–Crippen MR) is 132 cm³/mol. The minimum Gasteiger partial charge on any atom is -0.493 e. The Kier molecular flexibility index (Phi) is 13.1. The Morgan fingerprint density at radius 2 is 1.66 bits per heavy atom. The van der Waals surface area contributed by atoms with E-state index in [9.17, 15) is 4.79 Å². The van der Waals surface area contributed by atoms with E-state index < -0.39 is 0 Å². The molecule has 0 saturated carbocycles. The largest absolute Gasteiger partial charge is 0.493 e. The third-order valence-corrected chi connectivity index (χ3v) is 5.98. The van der Waals surface area contributed by atoms with Gasteiger partial charge < -0.3 is 19.1 Å². The van der Waals surface area contributed by atoms with Crippen molar-refractivity contribution in [3.63, 3.8) is 0 Å². The molecule has 182 valence electrons. The van der Waals surface area contributed by atoms with E-state index in [1.165, 1.54) is 5.56 Å². The molecule has 1 aromatic carbocycles. The van der Waals surface area contributed by atoms with Gasteiger partial charge in [0.2, 0.25) is 5.91 Å². The molecule has 0 fully saturated rings. The average molecular weight is 448 g/mol. The Morgan fingerprint density at radius 3 is 2.22 bits per heavy atom. The lowest BCUT2D eigenvalue weighted by Gasteiger charge is -2.23. The number of hydrogen-bond donors (Lipinski definition) is 0. The van der Waals surface area contributed by atoms with Gasteiger partial charge in [-0.3, -0.25) is 4.79 Å². The van der Waals surface area contributed by atoms with Gasteiger partial charge in [0.15, 0.2) is 11.5 Å². The van der Waals surface area contributed by atoms with Crippen LogP contribution in [0.2, 0.25) is 0 Å². The van der Waals surface area contributed by atoms with Crippen LogP contribution in [0.4, 0.5) is 0 Å². The number of methoxy groups -OCH3 is 2. The van der Waals surface area contributed by atoms with Gasteiger partial charge in [0, 0.05) is 40.2 Å². The van der Waals surface area contributed by atoms with E-state index in [0.29, 0.717) is 31.0 Å². The van der Waals surface area contributed by atoms with Crippen LogP contribution in [-0.2, 0) is 16.0 Å². The number of amides is 1. The SMILES string of the molecule is COCCCOc1cc(C[C@@H](CC=CC[C@H](C(=O)N(C)C)C(C)C)C(C)C)ccc1OC. The van der Waals surface area contributed by atoms with Gasteiger partial charge in [-0.15, -0.1) is 0 Å². The van der Waals surface area contributed by atoms with Crippen LogP contribution in [0, 0.1) is 23.7 Å². The van der Waals surface area contributed by atoms with Gasteiger partial charge in [-0.1, -0.05) is 45.9 Å². The minimum absolute atomic E-state index is 0.0400. The van der Waals surface area contributed by atoms with Crippen LogP contribution in [-0.4, -0.2) is 52.3 Å². The summed E-state index contributed by atoms with van der Waals surface area (Å²) < 4.78 is 16.5. The Balaban J connectivity index is 2.78. The van der Waals surface area contributed by atoms with E-state index in [1.54, 1.807) is 19.1 Å². The van der Waals surface area contributed by atoms with E-state index >= 15 is 0 Å². The van der Waals surface area contributed by atoms with Crippen LogP contribution >= 0.6 is 0 Å². The molecule has 1 amide bonds. The maximum absolute atomic E-state index is 12.4. The number of ether oxygens (including phenoxy) is 3. The van der Waals surface area contributed by atoms with Gasteiger partial charge in [0.25, 0.3) is 0 Å². The second-order valence-electron chi connectivity index (χ2n) is 9.41. The molecule has 0 aliphatic heterocycles. The van der Waals surface area contributed by atoms with Gasteiger partial charge in [0.1, 0.15) is 0 Å². The highest BCUT2D eigenvalue weighted by Gasteiger charge is 2.22. The van der Waals surface area contributed by atoms with Gasteiger partial charge in [0.05, 0.1) is 13.7 Å². The fourth-order valence-electron chi connectivity index (χ4n) is 3.74. The van der Waals surface area contributed by atoms with Crippen molar-refractivity contribution in [1.29, 1.82) is 0 Å². The zero-order valence-electron chi connectivity index (χ0n) is 21.5. The Bertz CT molecular complexity index is 697. The number of nitrogens with zero attached hydrogens (tertiary/aromatic N) is 1. The quantitative estimate of drug-likeness (QED) is 0.259. The highest BCUT2D eigenvalue weighted by molar-refractivity contribution is 5.78. The number of carbonyl (C=O) groups excluding carboxylic acids is 1. The standard InChI is InChI=1S/C27H45NO4/c1-20(2)23(12-9-10-13-24(21(3)4)27(29)28(5)6)18-22-14-15-25(31-8)26(19-22)32-17-11-16-30-7/h9-10,14-15,19-21,23-24H,11-13,16-18H2,1-8H3/t23-,24+/m1/s1. The molecule has 0 N–H and O–H groups in total. The van der Waals surface area contributed by atoms with E-state index in [2.05, 4.69) is 52.0 Å². The fraction of sp³-hybridized carbons (Fsp3) is 0.667. The van der Waals surface area contributed by atoms with Crippen molar-refractivity contribution in [1.82, 2.24) is 4.90 Å². The molecular formula is C27H45NO4. The average Bonchev–Trinajstić information content (AvgIpc) is 2.75. The predicted octanol–water partition coefficient (Wildman–Crippen LogP) is 5.62. The minimum atomic E-state index is 0.0400. The van der Waals surface area contributed by atoms with E-state index in [4.69, 9.17) is 14.2 Å². The molecule has 0 radical (unpaired) electrons. The molecule has 0 aromatic heterocycles. The number of rotatable bonds is 15. The smallest absolute Gasteiger partial charge is 0.225 e. The summed E-state index contributed by atoms with van der Waals surface area (Å²) in [4.78, 5) is 14.1. The summed E-state index contributed by atoms with van der Waals surface area (Å²) in [7, 11) is 7.04. The Labute approximate surface area is 196 Å². The zero-order valence-corrected chi connectivity index (χ0v) is 21.5. The summed E-state index contributed by atoms with van der Waals surface area (Å²) in [6.45, 7) is 10.1. The van der Waals surface area contributed by atoms with Gasteiger partial charge >= 0.3 is 0 Å². The van der Waals surface area contributed by atoms with Crippen molar-refractivity contribution in [2.45, 2.75) is 53.4 Å². The summed E-state index contributed by atoms with van der Waals surface area (Å²) in [6, 6.07) is 6.23. The highest BCUT2D eigenvalue weighted by atomic mass is 16.5. The van der Waals surface area contributed by atoms with Crippen molar-refractivity contribution in [3.05, 3.63) is 35.9 Å². The lowest BCUT2D eigenvalue weighted by atomic mass is 9.85. The number of benzene rings is 1. The molecule has 0 spiro atoms. The van der Waals surface area contributed by atoms with Crippen molar-refractivity contribution in [3.8, 4) is 11.5 Å². The number of hydrogen-bond acceptors (Lipinski definition) is 4. The van der Waals surface area contributed by atoms with Crippen molar-refractivity contribution >= 4 is 5.91 Å². The number of carbonyl (C=O) groups is 1. The number of allylic oxidation sites excluding steroid dienone is 2. The first-order valence-electron chi connectivity index (χ1n) is 11.9. The zero-order chi connectivity index (χ0) is 24.1. The van der Waals surface area contributed by atoms with Crippen LogP contribution in [0.15, 0.2) is 30.4 Å². The molecule has 0 aliphatic rings. The first kappa shape index (κ1) is 28.0. The van der Waals surface area contributed by atoms with Gasteiger partial charge in [-0.2, -0.15) is 0 Å². The van der Waals surface area contributed by atoms with Crippen LogP contribution in [0.1, 0.15) is 52.5 Å². The summed E-state index contributed by atoms with van der Waals surface area (Å²) in [5.41, 5.74) is 1.25. The monoisotopic (exact) mass is 447 g/mol. The van der Waals surface area contributed by atoms with Gasteiger partial charge in [-0.05, 0) is 54.7 Å². The van der Waals surface area contributed by atoms with E-state index in [0.717, 1.165) is 37.2 Å². The molecule has 5 heteroatoms. The molecule has 0 bridgehead atoms. The molecular weight excluding hydrogens is 402 g/mol. The third kappa shape index (κ3) is 9.64. The second kappa shape index (κ2) is 14.9.